The summed E-state index contributed by atoms with van der Waals surface area (Å²) in [5.41, 5.74) is 0. The Morgan fingerprint density at radius 2 is 1.56 bits per heavy atom. The molecule has 0 aromatic rings. The van der Waals surface area contributed by atoms with E-state index in [4.69, 9.17) is 0 Å². The summed E-state index contributed by atoms with van der Waals surface area (Å²) < 4.78 is 46.3. The van der Waals surface area contributed by atoms with Gasteiger partial charge in [-0.05, 0) is 0 Å². The minimum atomic E-state index is -3.92. The Balaban J connectivity index is 4.01. The molecule has 4 heteroatoms. The fourth-order valence-electron chi connectivity index (χ4n) is 0.218. The topological polar surface area (TPSA) is 0 Å². The lowest BCUT2D eigenvalue weighted by atomic mass is 10.1. The molecule has 55 valence electrons. The maximum absolute atomic E-state index is 11.9. The van der Waals surface area contributed by atoms with Crippen molar-refractivity contribution in [2.24, 2.45) is 0 Å². The number of hydrogen-bond donors (Lipinski definition) is 0. The highest BCUT2D eigenvalue weighted by atomic mass is 19.3. The van der Waals surface area contributed by atoms with Gasteiger partial charge in [-0.2, -0.15) is 8.78 Å². The van der Waals surface area contributed by atoms with Crippen LogP contribution in [0, 0.1) is 5.92 Å². The molecule has 0 spiro atoms. The van der Waals surface area contributed by atoms with Crippen LogP contribution in [0.4, 0.5) is 17.6 Å². The minimum Gasteiger partial charge on any atom is -0.204 e. The predicted molar refractivity (Wildman–Crippen MR) is 25.5 cm³/mol. The molecule has 0 amide bonds. The molecule has 0 rings (SSSR count). The molecule has 1 radical (unpaired) electrons. The molecular formula is C5H7F4. The van der Waals surface area contributed by atoms with Crippen molar-refractivity contribution in [2.45, 2.75) is 26.2 Å². The fourth-order valence-corrected chi connectivity index (χ4v) is 0.218. The van der Waals surface area contributed by atoms with Gasteiger partial charge in [0.25, 0.3) is 0 Å². The summed E-state index contributed by atoms with van der Waals surface area (Å²) in [6.07, 6.45) is -3.58. The molecule has 0 heterocycles. The van der Waals surface area contributed by atoms with E-state index < -0.39 is 18.3 Å². The summed E-state index contributed by atoms with van der Waals surface area (Å²) in [4.78, 5) is 0. The molecular weight excluding hydrogens is 136 g/mol. The van der Waals surface area contributed by atoms with E-state index >= 15 is 0 Å². The quantitative estimate of drug-likeness (QED) is 0.521. The first-order valence-corrected chi connectivity index (χ1v) is 2.35. The molecule has 0 N–H and O–H groups in total. The van der Waals surface area contributed by atoms with Gasteiger partial charge >= 0.3 is 12.3 Å². The zero-order chi connectivity index (χ0) is 7.65. The fraction of sp³-hybridized carbons (Fsp3) is 0.800. The SMILES string of the molecule is C[C](C)C(F)(F)C(F)F. The standard InChI is InChI=1S/C5H7F4/c1-3(2)5(8,9)4(6)7/h4H,1-2H3. The molecule has 0 unspecified atom stereocenters. The Morgan fingerprint density at radius 1 is 1.22 bits per heavy atom. The van der Waals surface area contributed by atoms with Crippen molar-refractivity contribution in [3.8, 4) is 0 Å². The average Bonchev–Trinajstić information content (AvgIpc) is 1.65. The van der Waals surface area contributed by atoms with Crippen molar-refractivity contribution in [1.82, 2.24) is 0 Å². The van der Waals surface area contributed by atoms with Gasteiger partial charge in [-0.25, -0.2) is 8.78 Å². The Bertz CT molecular complexity index is 77.0. The summed E-state index contributed by atoms with van der Waals surface area (Å²) in [6.45, 7) is 1.96. The normalized spacial score (nSPS) is 13.3. The highest BCUT2D eigenvalue weighted by molar-refractivity contribution is 4.96. The molecule has 0 aliphatic rings. The van der Waals surface area contributed by atoms with E-state index in [1.165, 1.54) is 0 Å². The summed E-state index contributed by atoms with van der Waals surface area (Å²) in [5, 5.41) is 0. The van der Waals surface area contributed by atoms with Gasteiger partial charge in [0.05, 0.1) is 0 Å². The lowest BCUT2D eigenvalue weighted by Gasteiger charge is -2.17. The van der Waals surface area contributed by atoms with E-state index in [9.17, 15) is 17.6 Å². The van der Waals surface area contributed by atoms with Crippen LogP contribution in [0.25, 0.3) is 0 Å². The average molecular weight is 143 g/mol. The van der Waals surface area contributed by atoms with Crippen LogP contribution in [-0.2, 0) is 0 Å². The number of halogens is 4. The summed E-state index contributed by atoms with van der Waals surface area (Å²) in [6, 6.07) is 0. The molecule has 0 aromatic heterocycles. The van der Waals surface area contributed by atoms with E-state index in [1.807, 2.05) is 0 Å². The first kappa shape index (κ1) is 8.72. The smallest absolute Gasteiger partial charge is 0.204 e. The first-order chi connectivity index (χ1) is 3.89. The second-order valence-corrected chi connectivity index (χ2v) is 1.92. The number of alkyl halides is 4. The van der Waals surface area contributed by atoms with Crippen molar-refractivity contribution in [2.75, 3.05) is 0 Å². The van der Waals surface area contributed by atoms with Crippen LogP contribution in [0.3, 0.4) is 0 Å². The Labute approximate surface area is 50.9 Å². The van der Waals surface area contributed by atoms with Crippen LogP contribution < -0.4 is 0 Å². The van der Waals surface area contributed by atoms with Crippen molar-refractivity contribution in [3.05, 3.63) is 5.92 Å². The molecule has 0 nitrogen and oxygen atoms in total. The van der Waals surface area contributed by atoms with Gasteiger partial charge in [-0.3, -0.25) is 0 Å². The van der Waals surface area contributed by atoms with Gasteiger partial charge in [-0.15, -0.1) is 0 Å². The third-order valence-electron chi connectivity index (χ3n) is 0.941. The summed E-state index contributed by atoms with van der Waals surface area (Å²) in [7, 11) is 0. The van der Waals surface area contributed by atoms with Gasteiger partial charge < -0.3 is 0 Å². The number of hydrogen-bond acceptors (Lipinski definition) is 0. The summed E-state index contributed by atoms with van der Waals surface area (Å²) in [5.74, 6) is -4.47. The maximum atomic E-state index is 11.9. The highest BCUT2D eigenvalue weighted by Crippen LogP contribution is 2.31. The minimum absolute atomic E-state index is 0.558. The molecule has 0 atom stereocenters. The zero-order valence-electron chi connectivity index (χ0n) is 5.09. The van der Waals surface area contributed by atoms with Gasteiger partial charge in [0.2, 0.25) is 0 Å². The van der Waals surface area contributed by atoms with Crippen LogP contribution in [0.1, 0.15) is 13.8 Å². The molecule has 0 saturated carbocycles. The third kappa shape index (κ3) is 1.84. The third-order valence-corrected chi connectivity index (χ3v) is 0.941. The van der Waals surface area contributed by atoms with E-state index in [2.05, 4.69) is 0 Å². The van der Waals surface area contributed by atoms with Gasteiger partial charge in [-0.1, -0.05) is 13.8 Å². The summed E-state index contributed by atoms with van der Waals surface area (Å²) >= 11 is 0. The lowest BCUT2D eigenvalue weighted by molar-refractivity contribution is -0.114. The van der Waals surface area contributed by atoms with Crippen molar-refractivity contribution >= 4 is 0 Å². The van der Waals surface area contributed by atoms with Gasteiger partial charge in [0, 0.05) is 5.92 Å². The predicted octanol–water partition coefficient (Wildman–Crippen LogP) is 2.50. The molecule has 0 fully saturated rings. The van der Waals surface area contributed by atoms with E-state index in [-0.39, 0.29) is 0 Å². The van der Waals surface area contributed by atoms with Crippen molar-refractivity contribution < 1.29 is 17.6 Å². The first-order valence-electron chi connectivity index (χ1n) is 2.35. The second-order valence-electron chi connectivity index (χ2n) is 1.92. The molecule has 9 heavy (non-hydrogen) atoms. The molecule has 0 aliphatic heterocycles. The Kier molecular flexibility index (Phi) is 2.46. The molecule has 0 bridgehead atoms. The van der Waals surface area contributed by atoms with Crippen LogP contribution in [0.2, 0.25) is 0 Å². The van der Waals surface area contributed by atoms with Crippen LogP contribution in [-0.4, -0.2) is 12.3 Å². The van der Waals surface area contributed by atoms with E-state index in [1.54, 1.807) is 0 Å². The maximum Gasteiger partial charge on any atom is 0.313 e. The van der Waals surface area contributed by atoms with Gasteiger partial charge in [0.1, 0.15) is 0 Å². The Morgan fingerprint density at radius 3 is 1.56 bits per heavy atom. The Hall–Kier alpha value is -0.280. The largest absolute Gasteiger partial charge is 0.313 e. The van der Waals surface area contributed by atoms with E-state index in [0.29, 0.717) is 0 Å². The van der Waals surface area contributed by atoms with Crippen LogP contribution >= 0.6 is 0 Å². The molecule has 0 saturated heterocycles. The molecule has 0 aliphatic carbocycles. The van der Waals surface area contributed by atoms with Crippen molar-refractivity contribution in [3.63, 3.8) is 0 Å². The van der Waals surface area contributed by atoms with Crippen LogP contribution in [0.5, 0.6) is 0 Å². The highest BCUT2D eigenvalue weighted by Gasteiger charge is 2.44. The number of rotatable bonds is 2. The second kappa shape index (κ2) is 2.54. The van der Waals surface area contributed by atoms with Crippen molar-refractivity contribution in [1.29, 1.82) is 0 Å². The monoisotopic (exact) mass is 143 g/mol. The molecule has 0 aromatic carbocycles. The van der Waals surface area contributed by atoms with Gasteiger partial charge in [0.15, 0.2) is 0 Å². The zero-order valence-corrected chi connectivity index (χ0v) is 5.09. The lowest BCUT2D eigenvalue weighted by Crippen LogP contribution is -2.30. The van der Waals surface area contributed by atoms with Crippen LogP contribution in [0.15, 0.2) is 0 Å². The van der Waals surface area contributed by atoms with E-state index in [0.717, 1.165) is 13.8 Å².